The second-order valence-corrected chi connectivity index (χ2v) is 17.1. The first-order valence-electron chi connectivity index (χ1n) is 25.3. The summed E-state index contributed by atoms with van der Waals surface area (Å²) in [5.74, 6) is -0.866. The molecule has 0 amide bonds. The van der Waals surface area contributed by atoms with Crippen molar-refractivity contribution in [1.82, 2.24) is 0 Å². The Labute approximate surface area is 360 Å². The SMILES string of the molecule is CC/C=C\C/C=C\CCCCCCCCCC(=O)OC(COC(=O)CCCCCCCCCCCCC)COC(=O)CCCCCCCCCCCCCCCCC. The molecule has 0 radical (unpaired) electrons. The molecule has 0 aliphatic carbocycles. The fourth-order valence-corrected chi connectivity index (χ4v) is 7.42. The molecule has 0 aromatic heterocycles. The Balaban J connectivity index is 4.33. The van der Waals surface area contributed by atoms with Gasteiger partial charge in [-0.25, -0.2) is 0 Å². The first kappa shape index (κ1) is 55.9. The molecule has 6 nitrogen and oxygen atoms in total. The molecule has 58 heavy (non-hydrogen) atoms. The van der Waals surface area contributed by atoms with Crippen LogP contribution in [-0.4, -0.2) is 37.2 Å². The molecule has 0 aromatic carbocycles. The molecule has 0 saturated heterocycles. The maximum absolute atomic E-state index is 12.8. The summed E-state index contributed by atoms with van der Waals surface area (Å²) in [5, 5.41) is 0. The number of carbonyl (C=O) groups excluding carboxylic acids is 3. The van der Waals surface area contributed by atoms with E-state index in [0.717, 1.165) is 77.0 Å². The van der Waals surface area contributed by atoms with Gasteiger partial charge < -0.3 is 14.2 Å². The summed E-state index contributed by atoms with van der Waals surface area (Å²) >= 11 is 0. The largest absolute Gasteiger partial charge is 0.462 e. The van der Waals surface area contributed by atoms with Crippen LogP contribution in [0, 0.1) is 0 Å². The maximum Gasteiger partial charge on any atom is 0.306 e. The van der Waals surface area contributed by atoms with Crippen molar-refractivity contribution in [2.45, 2.75) is 277 Å². The molecule has 0 spiro atoms. The molecule has 1 unspecified atom stereocenters. The number of hydrogen-bond donors (Lipinski definition) is 0. The number of allylic oxidation sites excluding steroid dienone is 4. The molecule has 0 saturated carbocycles. The summed E-state index contributed by atoms with van der Waals surface area (Å²) in [6.07, 6.45) is 53.0. The Morgan fingerprint density at radius 2 is 0.672 bits per heavy atom. The van der Waals surface area contributed by atoms with Gasteiger partial charge in [0.1, 0.15) is 13.2 Å². The minimum atomic E-state index is -0.768. The minimum Gasteiger partial charge on any atom is -0.462 e. The number of carbonyl (C=O) groups is 3. The van der Waals surface area contributed by atoms with Crippen LogP contribution in [-0.2, 0) is 28.6 Å². The highest BCUT2D eigenvalue weighted by atomic mass is 16.6. The number of rotatable bonds is 46. The standard InChI is InChI=1S/C52H96O6/c1-4-7-10-13-16-19-22-24-26-28-30-33-36-39-42-45-51(54)57-48-49(47-56-50(53)44-41-38-35-32-29-21-18-15-12-9-6-3)58-52(55)46-43-40-37-34-31-27-25-23-20-17-14-11-8-5-2/h8,11,17,20,49H,4-7,9-10,12-16,18-19,21-48H2,1-3H3/b11-8-,20-17-. The predicted molar refractivity (Wildman–Crippen MR) is 247 cm³/mol. The van der Waals surface area contributed by atoms with Crippen molar-refractivity contribution in [2.75, 3.05) is 13.2 Å². The maximum atomic E-state index is 12.8. The fraction of sp³-hybridized carbons (Fsp3) is 0.865. The molecule has 1 atom stereocenters. The van der Waals surface area contributed by atoms with E-state index >= 15 is 0 Å². The number of ether oxygens (including phenoxy) is 3. The molecule has 0 aliphatic rings. The van der Waals surface area contributed by atoms with Gasteiger partial charge in [-0.3, -0.25) is 14.4 Å². The molecule has 340 valence electrons. The third-order valence-electron chi connectivity index (χ3n) is 11.2. The molecule has 0 rings (SSSR count). The van der Waals surface area contributed by atoms with Crippen LogP contribution in [0.5, 0.6) is 0 Å². The van der Waals surface area contributed by atoms with Crippen LogP contribution in [0.3, 0.4) is 0 Å². The topological polar surface area (TPSA) is 78.9 Å². The van der Waals surface area contributed by atoms with Crippen molar-refractivity contribution >= 4 is 17.9 Å². The normalized spacial score (nSPS) is 12.1. The average molecular weight is 817 g/mol. The molecule has 0 fully saturated rings. The highest BCUT2D eigenvalue weighted by molar-refractivity contribution is 5.71. The lowest BCUT2D eigenvalue weighted by Gasteiger charge is -2.18. The van der Waals surface area contributed by atoms with E-state index in [1.54, 1.807) is 0 Å². The van der Waals surface area contributed by atoms with Gasteiger partial charge in [0.15, 0.2) is 6.10 Å². The van der Waals surface area contributed by atoms with Crippen molar-refractivity contribution in [1.29, 1.82) is 0 Å². The minimum absolute atomic E-state index is 0.0698. The van der Waals surface area contributed by atoms with E-state index in [1.807, 2.05) is 0 Å². The molecular weight excluding hydrogens is 721 g/mol. The van der Waals surface area contributed by atoms with Crippen LogP contribution in [0.2, 0.25) is 0 Å². The first-order valence-corrected chi connectivity index (χ1v) is 25.3. The van der Waals surface area contributed by atoms with Gasteiger partial charge in [0.05, 0.1) is 0 Å². The van der Waals surface area contributed by atoms with E-state index in [4.69, 9.17) is 14.2 Å². The quantitative estimate of drug-likeness (QED) is 0.0263. The van der Waals surface area contributed by atoms with E-state index in [1.165, 1.54) is 154 Å². The summed E-state index contributed by atoms with van der Waals surface area (Å²) in [4.78, 5) is 37.9. The summed E-state index contributed by atoms with van der Waals surface area (Å²) in [7, 11) is 0. The molecule has 0 N–H and O–H groups in total. The summed E-state index contributed by atoms with van der Waals surface area (Å²) < 4.78 is 16.8. The van der Waals surface area contributed by atoms with Crippen LogP contribution in [0.4, 0.5) is 0 Å². The van der Waals surface area contributed by atoms with E-state index in [2.05, 4.69) is 45.1 Å². The van der Waals surface area contributed by atoms with Gasteiger partial charge in [-0.1, -0.05) is 231 Å². The van der Waals surface area contributed by atoms with Crippen LogP contribution >= 0.6 is 0 Å². The van der Waals surface area contributed by atoms with Crippen LogP contribution < -0.4 is 0 Å². The summed E-state index contributed by atoms with van der Waals surface area (Å²) in [5.41, 5.74) is 0. The lowest BCUT2D eigenvalue weighted by molar-refractivity contribution is -0.167. The Hall–Kier alpha value is -2.11. The number of unbranched alkanes of at least 4 members (excludes halogenated alkanes) is 31. The Morgan fingerprint density at radius 3 is 1.03 bits per heavy atom. The zero-order valence-corrected chi connectivity index (χ0v) is 38.8. The Bertz CT molecular complexity index is 942. The molecule has 0 bridgehead atoms. The summed E-state index contributed by atoms with van der Waals surface area (Å²) in [6, 6.07) is 0. The first-order chi connectivity index (χ1) is 28.5. The zero-order valence-electron chi connectivity index (χ0n) is 38.8. The smallest absolute Gasteiger partial charge is 0.306 e. The van der Waals surface area contributed by atoms with Gasteiger partial charge in [-0.2, -0.15) is 0 Å². The molecule has 0 aromatic rings. The average Bonchev–Trinajstić information content (AvgIpc) is 3.22. The van der Waals surface area contributed by atoms with E-state index < -0.39 is 6.10 Å². The lowest BCUT2D eigenvalue weighted by Crippen LogP contribution is -2.30. The van der Waals surface area contributed by atoms with Crippen molar-refractivity contribution in [2.24, 2.45) is 0 Å². The third kappa shape index (κ3) is 45.0. The molecule has 0 heterocycles. The van der Waals surface area contributed by atoms with E-state index in [0.29, 0.717) is 19.3 Å². The third-order valence-corrected chi connectivity index (χ3v) is 11.2. The van der Waals surface area contributed by atoms with Crippen molar-refractivity contribution < 1.29 is 28.6 Å². The van der Waals surface area contributed by atoms with Crippen LogP contribution in [0.1, 0.15) is 271 Å². The lowest BCUT2D eigenvalue weighted by atomic mass is 10.0. The van der Waals surface area contributed by atoms with Gasteiger partial charge in [0, 0.05) is 19.3 Å². The van der Waals surface area contributed by atoms with Crippen molar-refractivity contribution in [3.05, 3.63) is 24.3 Å². The number of hydrogen-bond acceptors (Lipinski definition) is 6. The highest BCUT2D eigenvalue weighted by Crippen LogP contribution is 2.16. The summed E-state index contributed by atoms with van der Waals surface area (Å²) in [6.45, 7) is 6.55. The second-order valence-electron chi connectivity index (χ2n) is 17.1. The monoisotopic (exact) mass is 817 g/mol. The van der Waals surface area contributed by atoms with Gasteiger partial charge >= 0.3 is 17.9 Å². The van der Waals surface area contributed by atoms with Gasteiger partial charge in [-0.15, -0.1) is 0 Å². The van der Waals surface area contributed by atoms with Crippen molar-refractivity contribution in [3.8, 4) is 0 Å². The Morgan fingerprint density at radius 1 is 0.362 bits per heavy atom. The van der Waals surface area contributed by atoms with Crippen LogP contribution in [0.15, 0.2) is 24.3 Å². The van der Waals surface area contributed by atoms with Crippen LogP contribution in [0.25, 0.3) is 0 Å². The van der Waals surface area contributed by atoms with E-state index in [9.17, 15) is 14.4 Å². The second kappa shape index (κ2) is 47.6. The zero-order chi connectivity index (χ0) is 42.3. The predicted octanol–water partition coefficient (Wildman–Crippen LogP) is 16.4. The fourth-order valence-electron chi connectivity index (χ4n) is 7.42. The van der Waals surface area contributed by atoms with E-state index in [-0.39, 0.29) is 31.1 Å². The number of esters is 3. The molecule has 6 heteroatoms. The van der Waals surface area contributed by atoms with Gasteiger partial charge in [0.25, 0.3) is 0 Å². The molecular formula is C52H96O6. The van der Waals surface area contributed by atoms with Gasteiger partial charge in [-0.05, 0) is 44.9 Å². The molecule has 0 aliphatic heterocycles. The van der Waals surface area contributed by atoms with Gasteiger partial charge in [0.2, 0.25) is 0 Å². The Kier molecular flexibility index (Phi) is 45.8. The highest BCUT2D eigenvalue weighted by Gasteiger charge is 2.19. The van der Waals surface area contributed by atoms with Crippen molar-refractivity contribution in [3.63, 3.8) is 0 Å².